The number of benzene rings is 3. The predicted octanol–water partition coefficient (Wildman–Crippen LogP) is 6.94. The van der Waals surface area contributed by atoms with Crippen LogP contribution in [0, 0.1) is 0 Å². The van der Waals surface area contributed by atoms with Crippen molar-refractivity contribution in [1.29, 1.82) is 0 Å². The van der Waals surface area contributed by atoms with Crippen molar-refractivity contribution in [1.82, 2.24) is 0 Å². The van der Waals surface area contributed by atoms with Gasteiger partial charge in [0.05, 0.1) is 0 Å². The van der Waals surface area contributed by atoms with Crippen LogP contribution in [0.15, 0.2) is 104 Å². The molecule has 0 spiro atoms. The van der Waals surface area contributed by atoms with E-state index in [0.717, 1.165) is 0 Å². The molecule has 6 nitrogen and oxygen atoms in total. The van der Waals surface area contributed by atoms with Crippen molar-refractivity contribution < 1.29 is 27.8 Å². The Hall–Kier alpha value is -2.41. The molecule has 0 amide bonds. The van der Waals surface area contributed by atoms with Crippen molar-refractivity contribution in [2.75, 3.05) is 26.5 Å². The molecular weight excluding hydrogens is 495 g/mol. The third kappa shape index (κ3) is 7.62. The summed E-state index contributed by atoms with van der Waals surface area (Å²) in [5.41, 5.74) is 0. The summed E-state index contributed by atoms with van der Waals surface area (Å²) in [5.74, 6) is -1.96. The van der Waals surface area contributed by atoms with E-state index in [1.54, 1.807) is 6.08 Å². The van der Waals surface area contributed by atoms with E-state index in [4.69, 9.17) is 27.8 Å². The van der Waals surface area contributed by atoms with Crippen LogP contribution >= 0.6 is 21.5 Å². The van der Waals surface area contributed by atoms with E-state index in [-0.39, 0.29) is 26.5 Å². The van der Waals surface area contributed by atoms with Crippen LogP contribution in [0.3, 0.4) is 0 Å². The van der Waals surface area contributed by atoms with Gasteiger partial charge in [-0.2, -0.15) is 0 Å². The van der Waals surface area contributed by atoms with Crippen LogP contribution in [0.2, 0.25) is 0 Å². The molecule has 8 heteroatoms. The van der Waals surface area contributed by atoms with Crippen LogP contribution in [0.1, 0.15) is 0 Å². The Morgan fingerprint density at radius 2 is 0.906 bits per heavy atom. The number of allylic oxidation sites excluding steroid dienone is 1. The van der Waals surface area contributed by atoms with E-state index in [1.807, 2.05) is 91.0 Å². The predicted molar refractivity (Wildman–Crippen MR) is 130 cm³/mol. The average Bonchev–Trinajstić information content (AvgIpc) is 2.81. The zero-order valence-electron chi connectivity index (χ0n) is 17.5. The summed E-state index contributed by atoms with van der Waals surface area (Å²) in [6, 6.07) is 28.0. The van der Waals surface area contributed by atoms with Gasteiger partial charge in [0.1, 0.15) is 0 Å². The van der Waals surface area contributed by atoms with Crippen LogP contribution < -0.4 is 14.2 Å². The third-order valence-electron chi connectivity index (χ3n) is 4.22. The number of halogens is 1. The summed E-state index contributed by atoms with van der Waals surface area (Å²) in [5, 5.41) is 0. The second-order valence-corrected chi connectivity index (χ2v) is 13.6. The average molecular weight is 521 g/mol. The zero-order chi connectivity index (χ0) is 22.6. The van der Waals surface area contributed by atoms with Gasteiger partial charge in [-0.25, -0.2) is 0 Å². The van der Waals surface area contributed by atoms with Crippen LogP contribution in [0.4, 0.5) is 0 Å². The monoisotopic (exact) mass is 520 g/mol. The molecule has 0 heterocycles. The van der Waals surface area contributed by atoms with Gasteiger partial charge in [0, 0.05) is 0 Å². The fourth-order valence-electron chi connectivity index (χ4n) is 2.61. The topological polar surface area (TPSA) is 55.4 Å². The summed E-state index contributed by atoms with van der Waals surface area (Å²) in [6.07, 6.45) is 1.89. The normalized spacial score (nSPS) is 12.3. The number of para-hydroxylation sites is 3. The second-order valence-electron chi connectivity index (χ2n) is 6.52. The van der Waals surface area contributed by atoms with Gasteiger partial charge < -0.3 is 0 Å². The maximum absolute atomic E-state index is 6.09. The van der Waals surface area contributed by atoms with Gasteiger partial charge in [-0.3, -0.25) is 0 Å². The molecule has 0 saturated carbocycles. The number of hydrogen-bond donors (Lipinski definition) is 0. The number of ether oxygens (including phenoxy) is 3. The molecule has 0 bridgehead atoms. The molecule has 0 aliphatic carbocycles. The summed E-state index contributed by atoms with van der Waals surface area (Å²) in [7, 11) is 0. The van der Waals surface area contributed by atoms with Gasteiger partial charge in [0.25, 0.3) is 0 Å². The minimum absolute atomic E-state index is 0.113. The molecular formula is C24H26BrO6P. The Morgan fingerprint density at radius 3 is 1.19 bits per heavy atom. The fraction of sp³-hybridized carbons (Fsp3) is 0.167. The van der Waals surface area contributed by atoms with Crippen molar-refractivity contribution in [3.63, 3.8) is 0 Å². The van der Waals surface area contributed by atoms with Crippen LogP contribution in [-0.2, 0) is 13.6 Å². The summed E-state index contributed by atoms with van der Waals surface area (Å²) in [4.78, 5) is 0. The first-order chi connectivity index (χ1) is 15.6. The van der Waals surface area contributed by atoms with E-state index >= 15 is 0 Å². The molecule has 3 aromatic carbocycles. The van der Waals surface area contributed by atoms with Gasteiger partial charge in [-0.05, 0) is 0 Å². The van der Waals surface area contributed by atoms with Gasteiger partial charge >= 0.3 is 197 Å². The third-order valence-corrected chi connectivity index (χ3v) is 9.57. The molecule has 0 unspecified atom stereocenters. The molecule has 0 atom stereocenters. The Morgan fingerprint density at radius 1 is 0.594 bits per heavy atom. The SMILES string of the molecule is C=CCP(Br)(OCOc1ccccc1)(OCOc1ccccc1)OCOc1ccccc1. The van der Waals surface area contributed by atoms with E-state index in [2.05, 4.69) is 22.1 Å². The first-order valence-electron chi connectivity index (χ1n) is 9.93. The second kappa shape index (κ2) is 12.0. The van der Waals surface area contributed by atoms with Gasteiger partial charge in [-0.1, -0.05) is 0 Å². The number of rotatable bonds is 14. The van der Waals surface area contributed by atoms with Crippen LogP contribution in [0.5, 0.6) is 17.2 Å². The Kier molecular flexibility index (Phi) is 9.09. The molecule has 32 heavy (non-hydrogen) atoms. The first kappa shape index (κ1) is 24.2. The van der Waals surface area contributed by atoms with E-state index in [1.165, 1.54) is 0 Å². The van der Waals surface area contributed by atoms with Crippen molar-refractivity contribution in [2.24, 2.45) is 0 Å². The van der Waals surface area contributed by atoms with Crippen molar-refractivity contribution in [3.05, 3.63) is 104 Å². The molecule has 3 rings (SSSR count). The fourth-order valence-corrected chi connectivity index (χ4v) is 5.69. The molecule has 0 aliphatic rings. The van der Waals surface area contributed by atoms with Gasteiger partial charge in [0.15, 0.2) is 0 Å². The minimum atomic E-state index is -3.93. The Bertz CT molecular complexity index is 829. The standard InChI is InChI=1S/C24H26BrO6P/c1-2-18-32(25,29-19-26-22-12-6-3-7-13-22,30-20-27-23-14-8-4-9-15-23)31-21-28-24-16-10-5-11-17-24/h2-17H,1,18-21H2. The number of hydrogen-bond acceptors (Lipinski definition) is 6. The van der Waals surface area contributed by atoms with E-state index in [0.29, 0.717) is 17.2 Å². The van der Waals surface area contributed by atoms with Crippen LogP contribution in [0.25, 0.3) is 0 Å². The van der Waals surface area contributed by atoms with E-state index < -0.39 is 5.99 Å². The molecule has 0 N–H and O–H groups in total. The molecule has 0 aliphatic heterocycles. The molecule has 0 saturated heterocycles. The molecule has 0 fully saturated rings. The maximum atomic E-state index is 6.09. The Labute approximate surface area is 196 Å². The summed E-state index contributed by atoms with van der Waals surface area (Å²) >= 11 is 3.63. The van der Waals surface area contributed by atoms with Crippen molar-refractivity contribution >= 4 is 21.5 Å². The van der Waals surface area contributed by atoms with E-state index in [9.17, 15) is 0 Å². The Balaban J connectivity index is 1.69. The quantitative estimate of drug-likeness (QED) is 0.130. The van der Waals surface area contributed by atoms with Gasteiger partial charge in [0.2, 0.25) is 0 Å². The molecule has 0 aromatic heterocycles. The summed E-state index contributed by atoms with van der Waals surface area (Å²) < 4.78 is 35.4. The van der Waals surface area contributed by atoms with Crippen molar-refractivity contribution in [2.45, 2.75) is 0 Å². The van der Waals surface area contributed by atoms with Crippen molar-refractivity contribution in [3.8, 4) is 17.2 Å². The van der Waals surface area contributed by atoms with Gasteiger partial charge in [-0.15, -0.1) is 0 Å². The van der Waals surface area contributed by atoms with Crippen LogP contribution in [-0.4, -0.2) is 26.5 Å². The molecule has 3 aromatic rings. The zero-order valence-corrected chi connectivity index (χ0v) is 20.0. The first-order valence-corrected chi connectivity index (χ1v) is 14.1. The molecule has 0 radical (unpaired) electrons. The summed E-state index contributed by atoms with van der Waals surface area (Å²) in [6.45, 7) is 3.49. The molecule has 170 valence electrons.